The SMILES string of the molecule is COc1cc(-c2ccc(C(c3cn[nH]c3-c3ccccc3F)N3CCOCC3)cc2)cc(OC)c1OC. The smallest absolute Gasteiger partial charge is 0.203 e. The van der Waals surface area contributed by atoms with Crippen molar-refractivity contribution in [1.29, 1.82) is 0 Å². The number of morpholine rings is 1. The molecule has 1 saturated heterocycles. The second-order valence-electron chi connectivity index (χ2n) is 8.77. The van der Waals surface area contributed by atoms with Gasteiger partial charge < -0.3 is 18.9 Å². The molecule has 3 aromatic carbocycles. The number of nitrogens with zero attached hydrogens (tertiary/aromatic N) is 2. The highest BCUT2D eigenvalue weighted by molar-refractivity contribution is 5.72. The molecule has 0 bridgehead atoms. The van der Waals surface area contributed by atoms with E-state index in [1.165, 1.54) is 6.07 Å². The zero-order valence-corrected chi connectivity index (χ0v) is 21.2. The van der Waals surface area contributed by atoms with Crippen LogP contribution < -0.4 is 14.2 Å². The molecule has 1 aliphatic heterocycles. The first-order valence-electron chi connectivity index (χ1n) is 12.1. The van der Waals surface area contributed by atoms with Crippen LogP contribution in [0.25, 0.3) is 22.4 Å². The first-order valence-corrected chi connectivity index (χ1v) is 12.1. The molecular weight excluding hydrogens is 473 g/mol. The Balaban J connectivity index is 1.55. The van der Waals surface area contributed by atoms with Crippen LogP contribution in [0.1, 0.15) is 17.2 Å². The lowest BCUT2D eigenvalue weighted by atomic mass is 9.93. The largest absolute Gasteiger partial charge is 0.493 e. The molecule has 1 aliphatic rings. The minimum absolute atomic E-state index is 0.119. The van der Waals surface area contributed by atoms with Gasteiger partial charge in [-0.25, -0.2) is 4.39 Å². The van der Waals surface area contributed by atoms with E-state index in [0.29, 0.717) is 41.7 Å². The Labute approximate surface area is 215 Å². The first-order chi connectivity index (χ1) is 18.1. The highest BCUT2D eigenvalue weighted by Crippen LogP contribution is 2.42. The van der Waals surface area contributed by atoms with Crippen molar-refractivity contribution in [1.82, 2.24) is 15.1 Å². The summed E-state index contributed by atoms with van der Waals surface area (Å²) in [4.78, 5) is 2.35. The van der Waals surface area contributed by atoms with Crippen molar-refractivity contribution in [2.75, 3.05) is 47.6 Å². The molecule has 0 amide bonds. The number of aromatic nitrogens is 2. The monoisotopic (exact) mass is 503 g/mol. The number of H-pyrrole nitrogens is 1. The molecule has 0 aliphatic carbocycles. The van der Waals surface area contributed by atoms with E-state index in [1.807, 2.05) is 18.2 Å². The maximum Gasteiger partial charge on any atom is 0.203 e. The summed E-state index contributed by atoms with van der Waals surface area (Å²) >= 11 is 0. The van der Waals surface area contributed by atoms with Crippen LogP contribution in [-0.2, 0) is 4.74 Å². The molecule has 2 heterocycles. The molecule has 1 fully saturated rings. The molecule has 1 aromatic heterocycles. The fourth-order valence-corrected chi connectivity index (χ4v) is 4.91. The van der Waals surface area contributed by atoms with Gasteiger partial charge in [-0.05, 0) is 41.0 Å². The highest BCUT2D eigenvalue weighted by Gasteiger charge is 2.28. The molecule has 0 spiro atoms. The van der Waals surface area contributed by atoms with E-state index in [1.54, 1.807) is 39.7 Å². The van der Waals surface area contributed by atoms with Crippen LogP contribution in [0.5, 0.6) is 17.2 Å². The van der Waals surface area contributed by atoms with Crippen LogP contribution in [0.2, 0.25) is 0 Å². The van der Waals surface area contributed by atoms with Gasteiger partial charge in [-0.2, -0.15) is 5.10 Å². The van der Waals surface area contributed by atoms with Gasteiger partial charge in [-0.15, -0.1) is 0 Å². The maximum absolute atomic E-state index is 14.7. The number of halogens is 1. The molecular formula is C29H30FN3O4. The van der Waals surface area contributed by atoms with E-state index in [0.717, 1.165) is 35.3 Å². The molecule has 4 aromatic rings. The standard InChI is InChI=1S/C29H30FN3O4/c1-34-25-16-21(17-26(35-2)29(25)36-3)19-8-10-20(11-9-19)28(33-12-14-37-15-13-33)23-18-31-32-27(23)22-6-4-5-7-24(22)30/h4-11,16-18,28H,12-15H2,1-3H3,(H,31,32). The topological polar surface area (TPSA) is 68.8 Å². The molecule has 1 atom stereocenters. The number of hydrogen-bond donors (Lipinski definition) is 1. The maximum atomic E-state index is 14.7. The number of rotatable bonds is 8. The molecule has 8 heteroatoms. The van der Waals surface area contributed by atoms with Crippen molar-refractivity contribution in [2.24, 2.45) is 0 Å². The summed E-state index contributed by atoms with van der Waals surface area (Å²) < 4.78 is 36.9. The second-order valence-corrected chi connectivity index (χ2v) is 8.77. The van der Waals surface area contributed by atoms with Gasteiger partial charge in [0.15, 0.2) is 11.5 Å². The minimum Gasteiger partial charge on any atom is -0.493 e. The van der Waals surface area contributed by atoms with Gasteiger partial charge in [0, 0.05) is 24.2 Å². The third-order valence-electron chi connectivity index (χ3n) is 6.74. The minimum atomic E-state index is -0.286. The summed E-state index contributed by atoms with van der Waals surface area (Å²) in [5.74, 6) is 1.46. The summed E-state index contributed by atoms with van der Waals surface area (Å²) in [7, 11) is 4.80. The third kappa shape index (κ3) is 4.90. The van der Waals surface area contributed by atoms with Crippen molar-refractivity contribution < 1.29 is 23.3 Å². The van der Waals surface area contributed by atoms with Crippen LogP contribution in [0.3, 0.4) is 0 Å². The fourth-order valence-electron chi connectivity index (χ4n) is 4.91. The quantitative estimate of drug-likeness (QED) is 0.351. The molecule has 1 N–H and O–H groups in total. The average molecular weight is 504 g/mol. The Bertz CT molecular complexity index is 1320. The third-order valence-corrected chi connectivity index (χ3v) is 6.74. The van der Waals surface area contributed by atoms with Crippen molar-refractivity contribution >= 4 is 0 Å². The van der Waals surface area contributed by atoms with Gasteiger partial charge >= 0.3 is 0 Å². The molecule has 5 rings (SSSR count). The number of benzene rings is 3. The zero-order chi connectivity index (χ0) is 25.8. The molecule has 0 radical (unpaired) electrons. The summed E-state index contributed by atoms with van der Waals surface area (Å²) in [5.41, 5.74) is 5.14. The van der Waals surface area contributed by atoms with E-state index in [2.05, 4.69) is 39.4 Å². The number of aromatic amines is 1. The normalized spacial score (nSPS) is 14.8. The lowest BCUT2D eigenvalue weighted by Crippen LogP contribution is -2.39. The summed E-state index contributed by atoms with van der Waals surface area (Å²) in [6, 6.07) is 18.9. The van der Waals surface area contributed by atoms with Gasteiger partial charge in [-0.3, -0.25) is 10.00 Å². The van der Waals surface area contributed by atoms with Crippen LogP contribution in [0, 0.1) is 5.82 Å². The van der Waals surface area contributed by atoms with Gasteiger partial charge in [0.25, 0.3) is 0 Å². The number of ether oxygens (including phenoxy) is 4. The van der Waals surface area contributed by atoms with Crippen molar-refractivity contribution in [2.45, 2.75) is 6.04 Å². The van der Waals surface area contributed by atoms with E-state index in [-0.39, 0.29) is 11.9 Å². The Morgan fingerprint density at radius 2 is 1.57 bits per heavy atom. The second kappa shape index (κ2) is 11.0. The molecule has 192 valence electrons. The Kier molecular flexibility index (Phi) is 7.39. The molecule has 7 nitrogen and oxygen atoms in total. The van der Waals surface area contributed by atoms with Crippen molar-refractivity contribution in [3.63, 3.8) is 0 Å². The van der Waals surface area contributed by atoms with Crippen LogP contribution in [-0.4, -0.2) is 62.7 Å². The summed E-state index contributed by atoms with van der Waals surface area (Å²) in [5, 5.41) is 7.35. The van der Waals surface area contributed by atoms with Crippen LogP contribution >= 0.6 is 0 Å². The highest BCUT2D eigenvalue weighted by atomic mass is 19.1. The van der Waals surface area contributed by atoms with Gasteiger partial charge in [-0.1, -0.05) is 36.4 Å². The van der Waals surface area contributed by atoms with E-state index in [4.69, 9.17) is 18.9 Å². The summed E-state index contributed by atoms with van der Waals surface area (Å²) in [6.45, 7) is 2.82. The van der Waals surface area contributed by atoms with E-state index in [9.17, 15) is 4.39 Å². The predicted octanol–water partition coefficient (Wildman–Crippen LogP) is 5.33. The number of hydrogen-bond acceptors (Lipinski definition) is 6. The van der Waals surface area contributed by atoms with E-state index >= 15 is 0 Å². The van der Waals surface area contributed by atoms with Gasteiger partial charge in [0.1, 0.15) is 5.82 Å². The lowest BCUT2D eigenvalue weighted by Gasteiger charge is -2.35. The summed E-state index contributed by atoms with van der Waals surface area (Å²) in [6.07, 6.45) is 1.80. The Hall–Kier alpha value is -3.88. The predicted molar refractivity (Wildman–Crippen MR) is 140 cm³/mol. The number of nitrogens with one attached hydrogen (secondary N) is 1. The lowest BCUT2D eigenvalue weighted by molar-refractivity contribution is 0.0240. The first kappa shape index (κ1) is 24.8. The zero-order valence-electron chi connectivity index (χ0n) is 21.2. The molecule has 37 heavy (non-hydrogen) atoms. The van der Waals surface area contributed by atoms with E-state index < -0.39 is 0 Å². The Morgan fingerprint density at radius 3 is 2.19 bits per heavy atom. The Morgan fingerprint density at radius 1 is 0.892 bits per heavy atom. The number of methoxy groups -OCH3 is 3. The van der Waals surface area contributed by atoms with Crippen molar-refractivity contribution in [3.8, 4) is 39.6 Å². The fraction of sp³-hybridized carbons (Fsp3) is 0.276. The van der Waals surface area contributed by atoms with Gasteiger partial charge in [0.2, 0.25) is 5.75 Å². The van der Waals surface area contributed by atoms with Crippen LogP contribution in [0.4, 0.5) is 4.39 Å². The molecule has 0 saturated carbocycles. The average Bonchev–Trinajstić information content (AvgIpc) is 3.42. The molecule has 1 unspecified atom stereocenters. The van der Waals surface area contributed by atoms with Crippen molar-refractivity contribution in [3.05, 3.63) is 83.8 Å². The van der Waals surface area contributed by atoms with Gasteiger partial charge in [0.05, 0.1) is 52.5 Å². The van der Waals surface area contributed by atoms with Crippen LogP contribution in [0.15, 0.2) is 66.9 Å².